The standard InChI is InChI=1S/C16H30O4.C14H26O4.C12H10O4.C8H14O4.2C7H12O4.C6H8O4.2C5H8O4.C3H4O4/c17-15(18)13-11-9-7-5-3-1-2-4-6-8-10-12-14-16(19)20;15-13(16)11-9-7-5-3-1-2-4-6-8-10-12-14(17)18;13-11(14)10(12(15)16)8-4-7-9-5-2-1-3-6-9;9-7(10)5-3-1-2-4-6-8(11)12;1-3-7(4-2,5(8)9)6(10)11;8-6(9)4-2-1-3-5-7(10)11;7-4(8)6(5(9)10)2-1-3-6;1-5(2,3(6)7)4(8)9;1-2-3(4(6)7)5(8)9;4-2(5)1-3(6)7/h1-14H2,(H,17,18)(H,19,20);1-12H2,(H,15,16)(H,17,18);1-8H,(H,13,14)(H,15,16);1-6H2,(H,9,10)(H,11,12);3-4H2,1-2H3,(H,8,9)(H,10,11);1-5H2,(H,8,9)(H,10,11);1-3H2,(H,7,8)(H,9,10);1-2H3,(H,6,7)(H,8,9);3H,2H2,1H3,(H,6,7)(H,8,9);1H2,(H,4,5)(H,6,7)/b;;7-4+;;;;;;;. The average molecular weight is 1770 g/mol. The van der Waals surface area contributed by atoms with Gasteiger partial charge in [-0.3, -0.25) is 86.3 Å². The third kappa shape index (κ3) is 84.9. The van der Waals surface area contributed by atoms with Gasteiger partial charge in [-0.15, -0.1) is 0 Å². The minimum atomic E-state index is -1.67. The molecule has 1 saturated carbocycles. The zero-order chi connectivity index (χ0) is 96.5. The lowest BCUT2D eigenvalue weighted by atomic mass is 9.69. The molecule has 1 aromatic carbocycles. The topological polar surface area (TPSA) is 746 Å². The first kappa shape index (κ1) is 127. The molecule has 0 unspecified atom stereocenters. The molecule has 0 aliphatic heterocycles. The summed E-state index contributed by atoms with van der Waals surface area (Å²) in [5, 5.41) is 166. The van der Waals surface area contributed by atoms with Crippen LogP contribution >= 0.6 is 0 Å². The predicted octanol–water partition coefficient (Wildman–Crippen LogP) is 14.0. The Morgan fingerprint density at radius 1 is 0.317 bits per heavy atom. The van der Waals surface area contributed by atoms with Crippen molar-refractivity contribution in [3.63, 3.8) is 0 Å². The van der Waals surface area contributed by atoms with Gasteiger partial charge in [0.1, 0.15) is 12.0 Å². The fourth-order valence-electron chi connectivity index (χ4n) is 9.65. The van der Waals surface area contributed by atoms with Gasteiger partial charge in [0.15, 0.2) is 22.2 Å². The first-order chi connectivity index (χ1) is 57.3. The van der Waals surface area contributed by atoms with Crippen LogP contribution in [0.15, 0.2) is 48.1 Å². The Hall–Kier alpha value is -11.9. The number of benzene rings is 1. The molecule has 1 aliphatic rings. The predicted molar refractivity (Wildman–Crippen MR) is 439 cm³/mol. The number of allylic oxidation sites excluding steroid dienone is 2. The lowest BCUT2D eigenvalue weighted by molar-refractivity contribution is -0.172. The summed E-state index contributed by atoms with van der Waals surface area (Å²) in [6.45, 7) is 6.92. The van der Waals surface area contributed by atoms with E-state index in [-0.39, 0.29) is 57.8 Å². The molecule has 2 rings (SSSR count). The molecule has 20 N–H and O–H groups in total. The Kier molecular flexibility index (Phi) is 83.6. The van der Waals surface area contributed by atoms with Gasteiger partial charge in [-0.05, 0) is 115 Å². The normalized spacial score (nSPS) is 11.0. The summed E-state index contributed by atoms with van der Waals surface area (Å²) in [5.41, 5.74) is -4.49. The Bertz CT molecular complexity index is 3170. The van der Waals surface area contributed by atoms with E-state index in [9.17, 15) is 95.9 Å². The van der Waals surface area contributed by atoms with Crippen molar-refractivity contribution in [2.24, 2.45) is 22.2 Å². The molecule has 0 radical (unpaired) electrons. The second kappa shape index (κ2) is 81.1. The van der Waals surface area contributed by atoms with Gasteiger partial charge in [0.25, 0.3) is 0 Å². The minimum absolute atomic E-state index is 0.119. The Balaban J connectivity index is -0.000000202. The van der Waals surface area contributed by atoms with Crippen molar-refractivity contribution >= 4 is 125 Å². The van der Waals surface area contributed by atoms with Crippen LogP contribution in [-0.2, 0) is 95.9 Å². The van der Waals surface area contributed by atoms with E-state index in [2.05, 4.69) is 0 Å². The van der Waals surface area contributed by atoms with Crippen LogP contribution in [0.2, 0.25) is 0 Å². The highest BCUT2D eigenvalue weighted by Gasteiger charge is 2.51. The highest BCUT2D eigenvalue weighted by molar-refractivity contribution is 6.12. The molecule has 0 heterocycles. The first-order valence-electron chi connectivity index (χ1n) is 40.3. The average Bonchev–Trinajstić information content (AvgIpc) is 0.791. The quantitative estimate of drug-likeness (QED) is 0.00947. The van der Waals surface area contributed by atoms with Crippen LogP contribution in [0.1, 0.15) is 323 Å². The summed E-state index contributed by atoms with van der Waals surface area (Å²) in [5.74, 6) is -22.9. The van der Waals surface area contributed by atoms with Gasteiger partial charge in [0.2, 0.25) is 0 Å². The molecule has 0 atom stereocenters. The fourth-order valence-corrected chi connectivity index (χ4v) is 9.65. The van der Waals surface area contributed by atoms with Crippen LogP contribution < -0.4 is 0 Å². The van der Waals surface area contributed by atoms with Crippen molar-refractivity contribution in [2.75, 3.05) is 0 Å². The van der Waals surface area contributed by atoms with Gasteiger partial charge >= 0.3 is 119 Å². The molecule has 0 saturated heterocycles. The lowest BCUT2D eigenvalue weighted by Crippen LogP contribution is -2.44. The van der Waals surface area contributed by atoms with Crippen LogP contribution in [0.3, 0.4) is 0 Å². The molecule has 0 bridgehead atoms. The van der Waals surface area contributed by atoms with Gasteiger partial charge in [-0.1, -0.05) is 198 Å². The molecule has 1 aliphatic carbocycles. The summed E-state index contributed by atoms with van der Waals surface area (Å²) >= 11 is 0. The van der Waals surface area contributed by atoms with Crippen LogP contribution in [-0.4, -0.2) is 222 Å². The van der Waals surface area contributed by atoms with Crippen molar-refractivity contribution in [3.05, 3.63) is 53.6 Å². The van der Waals surface area contributed by atoms with Gasteiger partial charge in [0.05, 0.1) is 0 Å². The van der Waals surface area contributed by atoms with E-state index < -0.39 is 154 Å². The number of carboxylic acids is 20. The maximum Gasteiger partial charge on any atom is 0.343 e. The highest BCUT2D eigenvalue weighted by atomic mass is 16.4. The summed E-state index contributed by atoms with van der Waals surface area (Å²) in [7, 11) is 0. The van der Waals surface area contributed by atoms with Gasteiger partial charge in [0, 0.05) is 51.4 Å². The number of carbonyl (C=O) groups is 20. The van der Waals surface area contributed by atoms with Gasteiger partial charge in [-0.2, -0.15) is 0 Å². The molecule has 0 spiro atoms. The molecule has 1 aromatic rings. The van der Waals surface area contributed by atoms with E-state index in [0.29, 0.717) is 64.2 Å². The zero-order valence-corrected chi connectivity index (χ0v) is 70.9. The molecule has 0 aromatic heterocycles. The van der Waals surface area contributed by atoms with Crippen LogP contribution in [0.25, 0.3) is 6.08 Å². The van der Waals surface area contributed by atoms with Gasteiger partial charge in [-0.25, -0.2) is 9.59 Å². The minimum Gasteiger partial charge on any atom is -0.481 e. The summed E-state index contributed by atoms with van der Waals surface area (Å²) in [4.78, 5) is 203. The highest BCUT2D eigenvalue weighted by Crippen LogP contribution is 2.41. The number of hydrogen-bond acceptors (Lipinski definition) is 20. The molecule has 1 fully saturated rings. The van der Waals surface area contributed by atoms with E-state index in [1.54, 1.807) is 19.9 Å². The number of carboxylic acid groups (broad SMARTS) is 20. The monoisotopic (exact) mass is 1770 g/mol. The lowest BCUT2D eigenvalue weighted by Gasteiger charge is -2.32. The van der Waals surface area contributed by atoms with E-state index in [0.717, 1.165) is 115 Å². The van der Waals surface area contributed by atoms with Gasteiger partial charge < -0.3 is 102 Å². The number of hydrogen-bond donors (Lipinski definition) is 20. The van der Waals surface area contributed by atoms with Crippen LogP contribution in [0, 0.1) is 22.2 Å². The molecule has 40 heteroatoms. The van der Waals surface area contributed by atoms with Crippen molar-refractivity contribution in [1.29, 1.82) is 0 Å². The molecule has 123 heavy (non-hydrogen) atoms. The molecular weight excluding hydrogens is 1640 g/mol. The maximum absolute atomic E-state index is 10.5. The first-order valence-corrected chi connectivity index (χ1v) is 40.3. The third-order valence-corrected chi connectivity index (χ3v) is 17.6. The second-order valence-corrected chi connectivity index (χ2v) is 28.1. The van der Waals surface area contributed by atoms with Crippen LogP contribution in [0.5, 0.6) is 0 Å². The number of rotatable bonds is 58. The maximum atomic E-state index is 10.5. The molecular formula is C83H132O40. The smallest absolute Gasteiger partial charge is 0.343 e. The van der Waals surface area contributed by atoms with Crippen molar-refractivity contribution < 1.29 is 198 Å². The Labute approximate surface area is 713 Å². The van der Waals surface area contributed by atoms with E-state index >= 15 is 0 Å². The second-order valence-electron chi connectivity index (χ2n) is 28.1. The number of unbranched alkanes of at least 4 members (excludes halogenated alkanes) is 25. The SMILES string of the molecule is CC(C)(C(=O)O)C(=O)O.CCC(C(=O)O)C(=O)O.CCC(CC)(C(=O)O)C(=O)O.O=C(O)C(=C/C=C/c1ccccc1)C(=O)O.O=C(O)C1(C(=O)O)CCC1.O=C(O)CC(=O)O.O=C(O)CCCCCC(=O)O.O=C(O)CCCCCCC(=O)O.O=C(O)CCCCCCCCCCCCC(=O)O.O=C(O)CCCCCCCCCCCCCCC(=O)O. The number of aliphatic carboxylic acids is 20. The van der Waals surface area contributed by atoms with E-state index in [1.165, 1.54) is 77.2 Å². The third-order valence-electron chi connectivity index (χ3n) is 17.6. The summed E-state index contributed by atoms with van der Waals surface area (Å²) in [6.07, 6.45) is 35.7. The Morgan fingerprint density at radius 2 is 0.537 bits per heavy atom. The zero-order valence-electron chi connectivity index (χ0n) is 70.9. The molecule has 704 valence electrons. The molecule has 40 nitrogen and oxygen atoms in total. The van der Waals surface area contributed by atoms with Crippen molar-refractivity contribution in [1.82, 2.24) is 0 Å². The summed E-state index contributed by atoms with van der Waals surface area (Å²) in [6, 6.07) is 9.17. The van der Waals surface area contributed by atoms with E-state index in [1.807, 2.05) is 30.3 Å². The fraction of sp³-hybridized carbons (Fsp3) is 0.639. The Morgan fingerprint density at radius 3 is 0.642 bits per heavy atom. The summed E-state index contributed by atoms with van der Waals surface area (Å²) < 4.78 is 0. The van der Waals surface area contributed by atoms with Crippen molar-refractivity contribution in [3.8, 4) is 0 Å². The largest absolute Gasteiger partial charge is 0.481 e. The van der Waals surface area contributed by atoms with Crippen molar-refractivity contribution in [2.45, 2.75) is 317 Å². The molecule has 0 amide bonds. The van der Waals surface area contributed by atoms with Crippen LogP contribution in [0.4, 0.5) is 0 Å². The van der Waals surface area contributed by atoms with E-state index in [4.69, 9.17) is 102 Å².